The molecule has 1 fully saturated rings. The molecule has 0 N–H and O–H groups in total. The van der Waals surface area contributed by atoms with E-state index in [9.17, 15) is 9.59 Å². The van der Waals surface area contributed by atoms with Gasteiger partial charge in [0.25, 0.3) is 11.1 Å². The fourth-order valence-electron chi connectivity index (χ4n) is 3.14. The Labute approximate surface area is 232 Å². The number of nitrogens with zero attached hydrogens (tertiary/aromatic N) is 1. The summed E-state index contributed by atoms with van der Waals surface area (Å²) in [5.41, 5.74) is 2.34. The maximum atomic E-state index is 12.9. The quantitative estimate of drug-likeness (QED) is 0.247. The maximum Gasteiger partial charge on any atom is 0.293 e. The van der Waals surface area contributed by atoms with Crippen molar-refractivity contribution < 1.29 is 14.3 Å². The highest BCUT2D eigenvalue weighted by Gasteiger charge is 2.35. The van der Waals surface area contributed by atoms with Crippen LogP contribution < -0.4 is 4.74 Å². The third kappa shape index (κ3) is 6.01. The van der Waals surface area contributed by atoms with Crippen molar-refractivity contribution in [2.75, 3.05) is 0 Å². The molecule has 0 radical (unpaired) electrons. The lowest BCUT2D eigenvalue weighted by molar-refractivity contribution is -0.123. The molecule has 2 amide bonds. The molecule has 10 heteroatoms. The van der Waals surface area contributed by atoms with Gasteiger partial charge in [0.1, 0.15) is 12.4 Å². The highest BCUT2D eigenvalue weighted by molar-refractivity contribution is 9.11. The largest absolute Gasteiger partial charge is 0.487 e. The molecule has 34 heavy (non-hydrogen) atoms. The van der Waals surface area contributed by atoms with Crippen LogP contribution in [0.3, 0.4) is 0 Å². The topological polar surface area (TPSA) is 46.6 Å². The number of imide groups is 1. The van der Waals surface area contributed by atoms with Crippen molar-refractivity contribution in [2.24, 2.45) is 0 Å². The first-order chi connectivity index (χ1) is 16.2. The fourth-order valence-corrected chi connectivity index (χ4v) is 6.03. The zero-order valence-electron chi connectivity index (χ0n) is 17.2. The normalized spacial score (nSPS) is 14.9. The Bertz CT molecular complexity index is 1290. The summed E-state index contributed by atoms with van der Waals surface area (Å²) < 4.78 is 7.35. The van der Waals surface area contributed by atoms with E-state index in [2.05, 4.69) is 31.9 Å². The lowest BCUT2D eigenvalue weighted by atomic mass is 10.2. The van der Waals surface area contributed by atoms with Crippen molar-refractivity contribution in [1.82, 2.24) is 4.90 Å². The van der Waals surface area contributed by atoms with Gasteiger partial charge >= 0.3 is 0 Å². The molecule has 1 saturated heterocycles. The molecule has 1 heterocycles. The minimum absolute atomic E-state index is 0.0723. The maximum absolute atomic E-state index is 12.9. The Kier molecular flexibility index (Phi) is 8.33. The molecule has 174 valence electrons. The van der Waals surface area contributed by atoms with E-state index in [1.165, 1.54) is 4.90 Å². The Morgan fingerprint density at radius 2 is 1.56 bits per heavy atom. The van der Waals surface area contributed by atoms with Crippen LogP contribution in [0.25, 0.3) is 6.08 Å². The summed E-state index contributed by atoms with van der Waals surface area (Å²) in [6.45, 7) is 0.433. The number of carbonyl (C=O) groups excluding carboxylic acids is 2. The van der Waals surface area contributed by atoms with Crippen LogP contribution in [-0.2, 0) is 17.9 Å². The second kappa shape index (κ2) is 11.1. The number of benzene rings is 3. The third-order valence-corrected chi connectivity index (χ3v) is 7.76. The monoisotopic (exact) mass is 659 g/mol. The van der Waals surface area contributed by atoms with Gasteiger partial charge in [-0.2, -0.15) is 0 Å². The molecule has 1 aliphatic rings. The zero-order valence-corrected chi connectivity index (χ0v) is 23.4. The molecular weight excluding hydrogens is 649 g/mol. The van der Waals surface area contributed by atoms with Crippen LogP contribution >= 0.6 is 78.4 Å². The molecule has 0 atom stereocenters. The van der Waals surface area contributed by atoms with Gasteiger partial charge in [-0.15, -0.1) is 0 Å². The van der Waals surface area contributed by atoms with E-state index >= 15 is 0 Å². The minimum Gasteiger partial charge on any atom is -0.487 e. The average Bonchev–Trinajstić information content (AvgIpc) is 3.03. The fraction of sp³-hybridized carbons (Fsp3) is 0.0833. The molecule has 3 aromatic carbocycles. The number of halogens is 5. The number of ether oxygens (including phenoxy) is 1. The zero-order chi connectivity index (χ0) is 24.4. The van der Waals surface area contributed by atoms with Crippen LogP contribution in [-0.4, -0.2) is 16.0 Å². The highest BCUT2D eigenvalue weighted by Crippen LogP contribution is 2.39. The molecule has 0 saturated carbocycles. The Morgan fingerprint density at radius 1 is 0.912 bits per heavy atom. The average molecular weight is 663 g/mol. The number of carbonyl (C=O) groups is 2. The van der Waals surface area contributed by atoms with Crippen molar-refractivity contribution in [3.63, 3.8) is 0 Å². The van der Waals surface area contributed by atoms with E-state index < -0.39 is 0 Å². The van der Waals surface area contributed by atoms with E-state index in [0.29, 0.717) is 46.8 Å². The van der Waals surface area contributed by atoms with Gasteiger partial charge < -0.3 is 4.74 Å². The highest BCUT2D eigenvalue weighted by atomic mass is 79.9. The van der Waals surface area contributed by atoms with Crippen molar-refractivity contribution in [3.05, 3.63) is 100 Å². The molecule has 4 nitrogen and oxygen atoms in total. The Hall–Kier alpha value is -1.48. The van der Waals surface area contributed by atoms with Crippen LogP contribution in [0.1, 0.15) is 16.7 Å². The van der Waals surface area contributed by atoms with Crippen LogP contribution in [0.2, 0.25) is 15.1 Å². The Balaban J connectivity index is 1.50. The molecule has 4 rings (SSSR count). The molecule has 0 spiro atoms. The van der Waals surface area contributed by atoms with Gasteiger partial charge in [-0.3, -0.25) is 14.5 Å². The molecule has 0 aliphatic carbocycles. The first-order valence-corrected chi connectivity index (χ1v) is 13.3. The second-order valence-electron chi connectivity index (χ2n) is 7.23. The van der Waals surface area contributed by atoms with E-state index in [4.69, 9.17) is 39.5 Å². The standard InChI is InChI=1S/C24H14Br2Cl3NO3S/c25-18-7-14(8-19(26)22(18)33-12-13-1-4-16(27)5-2-13)9-21-23(31)30(24(32)34-21)11-15-3-6-17(28)10-20(15)29/h1-10H,11-12H2/b21-9+. The molecular formula is C24H14Br2Cl3NO3S. The smallest absolute Gasteiger partial charge is 0.293 e. The van der Waals surface area contributed by atoms with Crippen molar-refractivity contribution >= 4 is 95.6 Å². The van der Waals surface area contributed by atoms with Crippen LogP contribution in [0, 0.1) is 0 Å². The van der Waals surface area contributed by atoms with Crippen LogP contribution in [0.15, 0.2) is 68.4 Å². The van der Waals surface area contributed by atoms with Gasteiger partial charge in [0.15, 0.2) is 0 Å². The van der Waals surface area contributed by atoms with Gasteiger partial charge in [0.05, 0.1) is 20.4 Å². The van der Waals surface area contributed by atoms with Crippen LogP contribution in [0.5, 0.6) is 5.75 Å². The number of hydrogen-bond acceptors (Lipinski definition) is 4. The lowest BCUT2D eigenvalue weighted by Crippen LogP contribution is -2.27. The van der Waals surface area contributed by atoms with Gasteiger partial charge in [0.2, 0.25) is 0 Å². The van der Waals surface area contributed by atoms with Gasteiger partial charge in [-0.1, -0.05) is 53.0 Å². The summed E-state index contributed by atoms with van der Waals surface area (Å²) in [7, 11) is 0. The van der Waals surface area contributed by atoms with E-state index in [1.54, 1.807) is 36.4 Å². The Morgan fingerprint density at radius 3 is 2.21 bits per heavy atom. The van der Waals surface area contributed by atoms with Gasteiger partial charge in [0, 0.05) is 15.1 Å². The summed E-state index contributed by atoms with van der Waals surface area (Å²) in [6.07, 6.45) is 1.67. The van der Waals surface area contributed by atoms with Crippen molar-refractivity contribution in [2.45, 2.75) is 13.2 Å². The molecule has 0 aromatic heterocycles. The summed E-state index contributed by atoms with van der Waals surface area (Å²) in [4.78, 5) is 26.9. The molecule has 3 aromatic rings. The second-order valence-corrected chi connectivity index (χ2v) is 11.2. The SMILES string of the molecule is O=C1S/C(=C/c2cc(Br)c(OCc3ccc(Cl)cc3)c(Br)c2)C(=O)N1Cc1ccc(Cl)cc1Cl. The van der Waals surface area contributed by atoms with Crippen LogP contribution in [0.4, 0.5) is 4.79 Å². The number of hydrogen-bond donors (Lipinski definition) is 0. The number of rotatable bonds is 6. The van der Waals surface area contributed by atoms with Gasteiger partial charge in [-0.05, 0) is 103 Å². The summed E-state index contributed by atoms with van der Waals surface area (Å²) in [5, 5.41) is 1.19. The molecule has 0 unspecified atom stereocenters. The minimum atomic E-state index is -0.378. The number of amides is 2. The summed E-state index contributed by atoms with van der Waals surface area (Å²) >= 11 is 26.0. The van der Waals surface area contributed by atoms with E-state index in [1.807, 2.05) is 24.3 Å². The lowest BCUT2D eigenvalue weighted by Gasteiger charge is -2.14. The van der Waals surface area contributed by atoms with E-state index in [0.717, 1.165) is 22.9 Å². The molecule has 1 aliphatic heterocycles. The third-order valence-electron chi connectivity index (χ3n) is 4.83. The predicted octanol–water partition coefficient (Wildman–Crippen LogP) is 8.99. The molecule has 0 bridgehead atoms. The van der Waals surface area contributed by atoms with Crippen molar-refractivity contribution in [1.29, 1.82) is 0 Å². The van der Waals surface area contributed by atoms with Gasteiger partial charge in [-0.25, -0.2) is 0 Å². The first kappa shape index (κ1) is 25.6. The number of thioether (sulfide) groups is 1. The summed E-state index contributed by atoms with van der Waals surface area (Å²) in [5.74, 6) is 0.244. The summed E-state index contributed by atoms with van der Waals surface area (Å²) in [6, 6.07) is 16.0. The first-order valence-electron chi connectivity index (χ1n) is 9.77. The predicted molar refractivity (Wildman–Crippen MR) is 146 cm³/mol. The van der Waals surface area contributed by atoms with E-state index in [-0.39, 0.29) is 17.7 Å². The van der Waals surface area contributed by atoms with Crippen molar-refractivity contribution in [3.8, 4) is 5.75 Å².